The van der Waals surface area contributed by atoms with Crippen molar-refractivity contribution in [3.05, 3.63) is 94.0 Å². The van der Waals surface area contributed by atoms with Crippen LogP contribution in [0.4, 0.5) is 17.1 Å². The number of anilines is 3. The minimum atomic E-state index is 0.223. The predicted octanol–water partition coefficient (Wildman–Crippen LogP) is 7.92. The second-order valence-corrected chi connectivity index (χ2v) is 9.06. The number of hydrogen-bond donors (Lipinski definition) is 3. The highest BCUT2D eigenvalue weighted by molar-refractivity contribution is 5.85. The maximum absolute atomic E-state index is 10.8. The highest BCUT2D eigenvalue weighted by Gasteiger charge is 2.23. The Morgan fingerprint density at radius 3 is 1.66 bits per heavy atom. The van der Waals surface area contributed by atoms with Crippen molar-refractivity contribution < 1.29 is 20.1 Å². The molecule has 0 fully saturated rings. The fourth-order valence-electron chi connectivity index (χ4n) is 4.25. The Hall–Kier alpha value is -4.12. The van der Waals surface area contributed by atoms with E-state index >= 15 is 0 Å². The SMILES string of the molecule is Cc1cc(Oc2ccccc2N(c2ccc(C)c(O)c2C)c2ccc(C)c(O)c2C)c(C)cc1O. The first-order valence-electron chi connectivity index (χ1n) is 11.6. The van der Waals surface area contributed by atoms with Crippen LogP contribution in [0, 0.1) is 41.5 Å². The number of phenols is 3. The zero-order chi connectivity index (χ0) is 25.4. The van der Waals surface area contributed by atoms with Gasteiger partial charge in [0.2, 0.25) is 0 Å². The molecule has 0 unspecified atom stereocenters. The summed E-state index contributed by atoms with van der Waals surface area (Å²) in [5.41, 5.74) is 6.83. The Balaban J connectivity index is 1.97. The molecule has 35 heavy (non-hydrogen) atoms. The molecule has 3 N–H and O–H groups in total. The van der Waals surface area contributed by atoms with Gasteiger partial charge >= 0.3 is 0 Å². The van der Waals surface area contributed by atoms with Gasteiger partial charge in [0.25, 0.3) is 0 Å². The highest BCUT2D eigenvalue weighted by Crippen LogP contribution is 2.47. The summed E-state index contributed by atoms with van der Waals surface area (Å²) in [5.74, 6) is 1.91. The second-order valence-electron chi connectivity index (χ2n) is 9.06. The molecule has 180 valence electrons. The number of hydrogen-bond acceptors (Lipinski definition) is 5. The van der Waals surface area contributed by atoms with E-state index in [-0.39, 0.29) is 17.2 Å². The van der Waals surface area contributed by atoms with Crippen LogP contribution in [0.5, 0.6) is 28.7 Å². The molecule has 0 saturated heterocycles. The molecule has 0 aliphatic rings. The third kappa shape index (κ3) is 4.37. The molecule has 0 spiro atoms. The van der Waals surface area contributed by atoms with E-state index in [1.54, 1.807) is 6.07 Å². The van der Waals surface area contributed by atoms with Crippen LogP contribution in [0.1, 0.15) is 33.4 Å². The van der Waals surface area contributed by atoms with Crippen LogP contribution in [0.3, 0.4) is 0 Å². The van der Waals surface area contributed by atoms with Crippen molar-refractivity contribution in [1.29, 1.82) is 0 Å². The Labute approximate surface area is 206 Å². The number of nitrogens with zero attached hydrogens (tertiary/aromatic N) is 1. The summed E-state index contributed by atoms with van der Waals surface area (Å²) < 4.78 is 6.41. The summed E-state index contributed by atoms with van der Waals surface area (Å²) in [6, 6.07) is 18.9. The molecule has 0 bridgehead atoms. The molecule has 4 rings (SSSR count). The van der Waals surface area contributed by atoms with Crippen molar-refractivity contribution in [2.24, 2.45) is 0 Å². The van der Waals surface area contributed by atoms with E-state index in [4.69, 9.17) is 4.74 Å². The van der Waals surface area contributed by atoms with Gasteiger partial charge in [0.1, 0.15) is 23.0 Å². The molecule has 0 amide bonds. The van der Waals surface area contributed by atoms with Crippen LogP contribution in [-0.4, -0.2) is 15.3 Å². The van der Waals surface area contributed by atoms with Crippen LogP contribution >= 0.6 is 0 Å². The van der Waals surface area contributed by atoms with Gasteiger partial charge in [-0.15, -0.1) is 0 Å². The lowest BCUT2D eigenvalue weighted by atomic mass is 10.0. The normalized spacial score (nSPS) is 10.9. The van der Waals surface area contributed by atoms with E-state index < -0.39 is 0 Å². The number of ether oxygens (including phenoxy) is 1. The number of aryl methyl sites for hydroxylation is 4. The summed E-state index contributed by atoms with van der Waals surface area (Å²) in [5, 5.41) is 31.6. The summed E-state index contributed by atoms with van der Waals surface area (Å²) in [6.45, 7) is 11.2. The lowest BCUT2D eigenvalue weighted by Crippen LogP contribution is -2.14. The summed E-state index contributed by atoms with van der Waals surface area (Å²) >= 11 is 0. The van der Waals surface area contributed by atoms with E-state index in [0.717, 1.165) is 50.4 Å². The summed E-state index contributed by atoms with van der Waals surface area (Å²) in [6.07, 6.45) is 0. The van der Waals surface area contributed by atoms with Crippen molar-refractivity contribution >= 4 is 17.1 Å². The maximum atomic E-state index is 10.8. The number of para-hydroxylation sites is 2. The van der Waals surface area contributed by atoms with Gasteiger partial charge in [-0.25, -0.2) is 0 Å². The highest BCUT2D eigenvalue weighted by atomic mass is 16.5. The molecule has 4 aromatic rings. The van der Waals surface area contributed by atoms with Gasteiger partial charge in [-0.05, 0) is 100 Å². The molecule has 0 atom stereocenters. The Morgan fingerprint density at radius 2 is 1.09 bits per heavy atom. The molecule has 0 aliphatic carbocycles. The fraction of sp³-hybridized carbons (Fsp3) is 0.200. The molecule has 4 aromatic carbocycles. The van der Waals surface area contributed by atoms with E-state index in [1.165, 1.54) is 0 Å². The zero-order valence-corrected chi connectivity index (χ0v) is 21.0. The molecule has 0 aliphatic heterocycles. The van der Waals surface area contributed by atoms with Gasteiger partial charge in [0.05, 0.1) is 17.1 Å². The first kappa shape index (κ1) is 24.0. The van der Waals surface area contributed by atoms with Crippen molar-refractivity contribution in [3.8, 4) is 28.7 Å². The summed E-state index contributed by atoms with van der Waals surface area (Å²) in [7, 11) is 0. The monoisotopic (exact) mass is 469 g/mol. The predicted molar refractivity (Wildman–Crippen MR) is 141 cm³/mol. The fourth-order valence-corrected chi connectivity index (χ4v) is 4.25. The average Bonchev–Trinajstić information content (AvgIpc) is 2.83. The van der Waals surface area contributed by atoms with Gasteiger partial charge in [-0.2, -0.15) is 0 Å². The Kier molecular flexibility index (Phi) is 6.35. The quantitative estimate of drug-likeness (QED) is 0.277. The van der Waals surface area contributed by atoms with Crippen LogP contribution in [-0.2, 0) is 0 Å². The maximum Gasteiger partial charge on any atom is 0.151 e. The van der Waals surface area contributed by atoms with Gasteiger partial charge in [0.15, 0.2) is 5.75 Å². The molecular formula is C30H31NO4. The average molecular weight is 470 g/mol. The number of rotatable bonds is 5. The summed E-state index contributed by atoms with van der Waals surface area (Å²) in [4.78, 5) is 2.00. The van der Waals surface area contributed by atoms with E-state index in [0.29, 0.717) is 11.5 Å². The smallest absolute Gasteiger partial charge is 0.151 e. The molecular weight excluding hydrogens is 438 g/mol. The number of benzene rings is 4. The second kappa shape index (κ2) is 9.26. The number of phenolic OH excluding ortho intramolecular Hbond substituents is 3. The van der Waals surface area contributed by atoms with E-state index in [1.807, 2.05) is 101 Å². The van der Waals surface area contributed by atoms with Crippen molar-refractivity contribution in [3.63, 3.8) is 0 Å². The lowest BCUT2D eigenvalue weighted by molar-refractivity contribution is 0.458. The van der Waals surface area contributed by atoms with Gasteiger partial charge in [0, 0.05) is 11.1 Å². The van der Waals surface area contributed by atoms with Crippen molar-refractivity contribution in [2.45, 2.75) is 41.5 Å². The molecule has 0 heterocycles. The standard InChI is InChI=1S/C30H31NO4/c1-17-11-13-23(21(5)29(17)33)31(24-14-12-18(2)30(34)22(24)6)25-9-7-8-10-27(25)35-28-16-19(3)26(32)15-20(28)4/h7-16,32-34H,1-6H3. The Bertz CT molecular complexity index is 1370. The topological polar surface area (TPSA) is 73.2 Å². The van der Waals surface area contributed by atoms with Crippen LogP contribution in [0.25, 0.3) is 0 Å². The lowest BCUT2D eigenvalue weighted by Gasteiger charge is -2.31. The zero-order valence-electron chi connectivity index (χ0n) is 21.0. The molecule has 5 nitrogen and oxygen atoms in total. The molecule has 0 radical (unpaired) electrons. The van der Waals surface area contributed by atoms with Gasteiger partial charge in [-0.3, -0.25) is 0 Å². The molecule has 0 aromatic heterocycles. The first-order chi connectivity index (χ1) is 16.6. The van der Waals surface area contributed by atoms with Crippen LogP contribution in [0.15, 0.2) is 60.7 Å². The molecule has 0 saturated carbocycles. The van der Waals surface area contributed by atoms with Gasteiger partial charge < -0.3 is 25.0 Å². The van der Waals surface area contributed by atoms with Crippen LogP contribution in [0.2, 0.25) is 0 Å². The van der Waals surface area contributed by atoms with E-state index in [2.05, 4.69) is 0 Å². The third-order valence-corrected chi connectivity index (χ3v) is 6.51. The Morgan fingerprint density at radius 1 is 0.543 bits per heavy atom. The minimum absolute atomic E-state index is 0.223. The van der Waals surface area contributed by atoms with Crippen molar-refractivity contribution in [2.75, 3.05) is 4.90 Å². The minimum Gasteiger partial charge on any atom is -0.508 e. The molecule has 5 heteroatoms. The van der Waals surface area contributed by atoms with Gasteiger partial charge in [-0.1, -0.05) is 24.3 Å². The third-order valence-electron chi connectivity index (χ3n) is 6.51. The largest absolute Gasteiger partial charge is 0.508 e. The number of aromatic hydroxyl groups is 3. The first-order valence-corrected chi connectivity index (χ1v) is 11.6. The van der Waals surface area contributed by atoms with Crippen molar-refractivity contribution in [1.82, 2.24) is 0 Å². The van der Waals surface area contributed by atoms with E-state index in [9.17, 15) is 15.3 Å². The van der Waals surface area contributed by atoms with Crippen LogP contribution < -0.4 is 9.64 Å².